The van der Waals surface area contributed by atoms with Crippen molar-refractivity contribution in [3.8, 4) is 0 Å². The smallest absolute Gasteiger partial charge is 0.210 e. The van der Waals surface area contributed by atoms with Crippen LogP contribution < -0.4 is 0 Å². The van der Waals surface area contributed by atoms with Crippen LogP contribution in [-0.2, 0) is 4.75 Å². The molecule has 56 valence electrons. The van der Waals surface area contributed by atoms with Crippen LogP contribution in [0.3, 0.4) is 0 Å². The Hall–Kier alpha value is -0.0900. The van der Waals surface area contributed by atoms with Gasteiger partial charge in [0, 0.05) is 0 Å². The van der Waals surface area contributed by atoms with Gasteiger partial charge in [-0.2, -0.15) is 0 Å². The van der Waals surface area contributed by atoms with E-state index in [4.69, 9.17) is 4.42 Å². The van der Waals surface area contributed by atoms with Gasteiger partial charge in [-0.3, -0.25) is 0 Å². The van der Waals surface area contributed by atoms with Gasteiger partial charge in [-0.1, -0.05) is 10.8 Å². The maximum absolute atomic E-state index is 5.11. The molecule has 0 aromatic carbocycles. The van der Waals surface area contributed by atoms with Gasteiger partial charge in [-0.25, -0.2) is 4.98 Å². The number of rotatable bonds is 2. The Bertz CT molecular complexity index is 196. The lowest BCUT2D eigenvalue weighted by Crippen LogP contribution is -2.09. The molecule has 0 saturated heterocycles. The number of thiol groups is 1. The molecule has 0 unspecified atom stereocenters. The maximum Gasteiger partial charge on any atom is 0.210 e. The Morgan fingerprint density at radius 3 is 2.80 bits per heavy atom. The molecule has 1 aromatic rings. The Labute approximate surface area is 69.2 Å². The van der Waals surface area contributed by atoms with Crippen LogP contribution in [0.4, 0.5) is 0 Å². The molecular weight excluding hydrogens is 166 g/mol. The summed E-state index contributed by atoms with van der Waals surface area (Å²) in [6.07, 6.45) is 3.21. The molecule has 0 fully saturated rings. The Morgan fingerprint density at radius 1 is 1.70 bits per heavy atom. The van der Waals surface area contributed by atoms with Crippen LogP contribution in [0.2, 0.25) is 0 Å². The summed E-state index contributed by atoms with van der Waals surface area (Å²) in [7, 11) is 1.42. The summed E-state index contributed by atoms with van der Waals surface area (Å²) in [6.45, 7) is 4.02. The van der Waals surface area contributed by atoms with E-state index in [1.165, 1.54) is 10.8 Å². The first-order chi connectivity index (χ1) is 4.67. The second kappa shape index (κ2) is 2.88. The predicted molar refractivity (Wildman–Crippen MR) is 46.1 cm³/mol. The van der Waals surface area contributed by atoms with Gasteiger partial charge in [0.2, 0.25) is 5.89 Å². The highest BCUT2D eigenvalue weighted by molar-refractivity contribution is 8.68. The number of hydrogen-bond donors (Lipinski definition) is 1. The first kappa shape index (κ1) is 8.01. The van der Waals surface area contributed by atoms with E-state index in [1.54, 1.807) is 12.5 Å². The number of nitrogens with zero attached hydrogens (tertiary/aromatic N) is 1. The van der Waals surface area contributed by atoms with Crippen LogP contribution in [0.1, 0.15) is 19.7 Å². The molecule has 0 spiro atoms. The minimum atomic E-state index is -0.132. The standard InChI is InChI=1S/C6H9NOS2/c1-6(2,10-9)5-7-3-4-8-5/h3-4,9H,1-2H3. The van der Waals surface area contributed by atoms with E-state index in [1.807, 2.05) is 13.8 Å². The molecule has 4 heteroatoms. The molecule has 10 heavy (non-hydrogen) atoms. The van der Waals surface area contributed by atoms with Gasteiger partial charge in [0.05, 0.1) is 10.9 Å². The van der Waals surface area contributed by atoms with Gasteiger partial charge >= 0.3 is 0 Å². The summed E-state index contributed by atoms with van der Waals surface area (Å²) in [5, 5.41) is 0. The van der Waals surface area contributed by atoms with Gasteiger partial charge in [0.25, 0.3) is 0 Å². The molecule has 0 aliphatic heterocycles. The molecule has 0 N–H and O–H groups in total. The molecule has 0 aliphatic carbocycles. The van der Waals surface area contributed by atoms with Gasteiger partial charge < -0.3 is 4.42 Å². The van der Waals surface area contributed by atoms with Crippen molar-refractivity contribution < 1.29 is 4.42 Å². The highest BCUT2D eigenvalue weighted by Crippen LogP contribution is 2.36. The fourth-order valence-corrected chi connectivity index (χ4v) is 0.973. The van der Waals surface area contributed by atoms with Crippen molar-refractivity contribution in [2.24, 2.45) is 0 Å². The molecule has 1 aromatic heterocycles. The summed E-state index contributed by atoms with van der Waals surface area (Å²) in [6, 6.07) is 0. The van der Waals surface area contributed by atoms with Crippen LogP contribution in [0.5, 0.6) is 0 Å². The lowest BCUT2D eigenvalue weighted by Gasteiger charge is -2.15. The fraction of sp³-hybridized carbons (Fsp3) is 0.500. The summed E-state index contributed by atoms with van der Waals surface area (Å²) in [5.74, 6) is 0.715. The first-order valence-corrected chi connectivity index (χ1v) is 4.76. The van der Waals surface area contributed by atoms with Crippen molar-refractivity contribution in [1.29, 1.82) is 0 Å². The number of oxazole rings is 1. The Kier molecular flexibility index (Phi) is 2.31. The van der Waals surface area contributed by atoms with E-state index in [2.05, 4.69) is 16.6 Å². The molecule has 0 saturated carbocycles. The monoisotopic (exact) mass is 175 g/mol. The predicted octanol–water partition coefficient (Wildman–Crippen LogP) is 2.49. The highest BCUT2D eigenvalue weighted by Gasteiger charge is 2.24. The zero-order valence-electron chi connectivity index (χ0n) is 5.87. The third-order valence-corrected chi connectivity index (χ3v) is 3.18. The molecule has 1 heterocycles. The lowest BCUT2D eigenvalue weighted by molar-refractivity contribution is 0.453. The van der Waals surface area contributed by atoms with Gasteiger partial charge in [0.1, 0.15) is 6.26 Å². The lowest BCUT2D eigenvalue weighted by atomic mass is 10.2. The second-order valence-corrected chi connectivity index (χ2v) is 4.19. The van der Waals surface area contributed by atoms with E-state index in [9.17, 15) is 0 Å². The SMILES string of the molecule is CC(C)(SS)c1ncco1. The zero-order chi connectivity index (χ0) is 7.61. The van der Waals surface area contributed by atoms with Crippen molar-refractivity contribution in [3.63, 3.8) is 0 Å². The molecule has 2 nitrogen and oxygen atoms in total. The van der Waals surface area contributed by atoms with Gasteiger partial charge in [0.15, 0.2) is 0 Å². The van der Waals surface area contributed by atoms with E-state index >= 15 is 0 Å². The van der Waals surface area contributed by atoms with Crippen molar-refractivity contribution in [2.45, 2.75) is 18.6 Å². The van der Waals surface area contributed by atoms with Crippen molar-refractivity contribution in [1.82, 2.24) is 4.98 Å². The van der Waals surface area contributed by atoms with E-state index in [-0.39, 0.29) is 4.75 Å². The third kappa shape index (κ3) is 1.49. The molecule has 0 amide bonds. The van der Waals surface area contributed by atoms with E-state index in [0.717, 1.165) is 0 Å². The van der Waals surface area contributed by atoms with E-state index < -0.39 is 0 Å². The Balaban J connectivity index is 2.85. The quantitative estimate of drug-likeness (QED) is 0.552. The third-order valence-electron chi connectivity index (χ3n) is 1.18. The Morgan fingerprint density at radius 2 is 2.40 bits per heavy atom. The second-order valence-electron chi connectivity index (χ2n) is 2.44. The van der Waals surface area contributed by atoms with Crippen LogP contribution in [0, 0.1) is 0 Å². The zero-order valence-corrected chi connectivity index (χ0v) is 7.58. The van der Waals surface area contributed by atoms with Crippen LogP contribution in [0.25, 0.3) is 0 Å². The first-order valence-electron chi connectivity index (χ1n) is 2.89. The van der Waals surface area contributed by atoms with Crippen LogP contribution >= 0.6 is 22.5 Å². The molecule has 0 atom stereocenters. The van der Waals surface area contributed by atoms with Crippen molar-refractivity contribution in [2.75, 3.05) is 0 Å². The topological polar surface area (TPSA) is 26.0 Å². The summed E-state index contributed by atoms with van der Waals surface area (Å²) in [5.41, 5.74) is 0. The number of aromatic nitrogens is 1. The summed E-state index contributed by atoms with van der Waals surface area (Å²) < 4.78 is 4.98. The maximum atomic E-state index is 5.11. The van der Waals surface area contributed by atoms with Crippen molar-refractivity contribution in [3.05, 3.63) is 18.4 Å². The highest BCUT2D eigenvalue weighted by atomic mass is 33.1. The van der Waals surface area contributed by atoms with Crippen LogP contribution in [-0.4, -0.2) is 4.98 Å². The number of hydrogen-bond acceptors (Lipinski definition) is 4. The molecule has 0 aliphatic rings. The van der Waals surface area contributed by atoms with E-state index in [0.29, 0.717) is 5.89 Å². The van der Waals surface area contributed by atoms with Gasteiger partial charge in [-0.15, -0.1) is 11.7 Å². The molecule has 0 bridgehead atoms. The normalized spacial score (nSPS) is 11.9. The largest absolute Gasteiger partial charge is 0.447 e. The minimum absolute atomic E-state index is 0.132. The molecule has 1 rings (SSSR count). The molecular formula is C6H9NOS2. The summed E-state index contributed by atoms with van der Waals surface area (Å²) in [4.78, 5) is 4.02. The summed E-state index contributed by atoms with van der Waals surface area (Å²) >= 11 is 4.10. The minimum Gasteiger partial charge on any atom is -0.447 e. The van der Waals surface area contributed by atoms with Crippen LogP contribution in [0.15, 0.2) is 16.9 Å². The fourth-order valence-electron chi connectivity index (χ4n) is 0.560. The average Bonchev–Trinajstić information content (AvgIpc) is 2.38. The van der Waals surface area contributed by atoms with Crippen molar-refractivity contribution >= 4 is 22.5 Å². The molecule has 0 radical (unpaired) electrons. The van der Waals surface area contributed by atoms with Gasteiger partial charge in [-0.05, 0) is 13.8 Å². The average molecular weight is 175 g/mol.